The van der Waals surface area contributed by atoms with Gasteiger partial charge in [-0.25, -0.2) is 0 Å². The zero-order valence-corrected chi connectivity index (χ0v) is 50.2. The Balaban J connectivity index is 4.43. The molecule has 438 valence electrons. The summed E-state index contributed by atoms with van der Waals surface area (Å²) >= 11 is 0. The van der Waals surface area contributed by atoms with E-state index in [0.717, 1.165) is 135 Å². The van der Waals surface area contributed by atoms with E-state index in [9.17, 15) is 14.4 Å². The SMILES string of the molecule is CC/C=C\C/C=C\C/C=C\C/C=C\C/C=C\C/C=C\CCCCCCCCC(=O)OCC(COC(=O)CCCCCCCCC/C=C\C/C=C\CCCCC)OC(=O)CCCCCCCCC/C=C\C/C=C\CCCCC. The van der Waals surface area contributed by atoms with Crippen molar-refractivity contribution in [2.45, 2.75) is 297 Å². The molecule has 0 saturated heterocycles. The number of esters is 3. The normalized spacial score (nSPS) is 12.9. The van der Waals surface area contributed by atoms with Crippen molar-refractivity contribution in [3.63, 3.8) is 0 Å². The van der Waals surface area contributed by atoms with Gasteiger partial charge in [0.2, 0.25) is 0 Å². The van der Waals surface area contributed by atoms with Crippen molar-refractivity contribution in [2.75, 3.05) is 13.2 Å². The number of hydrogen-bond donors (Lipinski definition) is 0. The van der Waals surface area contributed by atoms with Crippen molar-refractivity contribution in [3.05, 3.63) is 122 Å². The lowest BCUT2D eigenvalue weighted by atomic mass is 10.1. The van der Waals surface area contributed by atoms with E-state index in [2.05, 4.69) is 142 Å². The zero-order chi connectivity index (χ0) is 55.7. The predicted molar refractivity (Wildman–Crippen MR) is 334 cm³/mol. The van der Waals surface area contributed by atoms with Gasteiger partial charge in [-0.15, -0.1) is 0 Å². The van der Waals surface area contributed by atoms with Gasteiger partial charge >= 0.3 is 17.9 Å². The molecule has 0 N–H and O–H groups in total. The molecule has 0 heterocycles. The highest BCUT2D eigenvalue weighted by atomic mass is 16.6. The Hall–Kier alpha value is -4.19. The van der Waals surface area contributed by atoms with E-state index in [1.54, 1.807) is 0 Å². The zero-order valence-electron chi connectivity index (χ0n) is 50.2. The van der Waals surface area contributed by atoms with Crippen LogP contribution < -0.4 is 0 Å². The van der Waals surface area contributed by atoms with Crippen LogP contribution in [0.15, 0.2) is 122 Å². The summed E-state index contributed by atoms with van der Waals surface area (Å²) < 4.78 is 16.9. The van der Waals surface area contributed by atoms with Gasteiger partial charge in [-0.2, -0.15) is 0 Å². The van der Waals surface area contributed by atoms with Crippen LogP contribution in [0.2, 0.25) is 0 Å². The predicted octanol–water partition coefficient (Wildman–Crippen LogP) is 22.0. The molecule has 0 aromatic heterocycles. The Morgan fingerprint density at radius 3 is 0.792 bits per heavy atom. The molecule has 0 bridgehead atoms. The first-order valence-electron chi connectivity index (χ1n) is 32.0. The number of carbonyl (C=O) groups excluding carboxylic acids is 3. The number of rotatable bonds is 57. The molecule has 0 aromatic rings. The lowest BCUT2D eigenvalue weighted by Gasteiger charge is -2.18. The lowest BCUT2D eigenvalue weighted by Crippen LogP contribution is -2.30. The highest BCUT2D eigenvalue weighted by Crippen LogP contribution is 2.15. The van der Waals surface area contributed by atoms with Crippen LogP contribution in [0.3, 0.4) is 0 Å². The third-order valence-corrected chi connectivity index (χ3v) is 13.4. The fourth-order valence-corrected chi connectivity index (χ4v) is 8.62. The Morgan fingerprint density at radius 1 is 0.273 bits per heavy atom. The van der Waals surface area contributed by atoms with E-state index in [4.69, 9.17) is 14.2 Å². The fourth-order valence-electron chi connectivity index (χ4n) is 8.62. The van der Waals surface area contributed by atoms with Crippen LogP contribution in [-0.2, 0) is 28.6 Å². The molecule has 0 aliphatic rings. The van der Waals surface area contributed by atoms with Gasteiger partial charge in [0.1, 0.15) is 13.2 Å². The summed E-state index contributed by atoms with van der Waals surface area (Å²) in [6.07, 6.45) is 89.0. The van der Waals surface area contributed by atoms with E-state index in [0.29, 0.717) is 19.3 Å². The van der Waals surface area contributed by atoms with E-state index >= 15 is 0 Å². The number of unbranched alkanes of at least 4 members (excludes halogenated alkanes) is 26. The van der Waals surface area contributed by atoms with Crippen LogP contribution in [0.1, 0.15) is 290 Å². The van der Waals surface area contributed by atoms with Crippen LogP contribution in [0.25, 0.3) is 0 Å². The second kappa shape index (κ2) is 64.3. The van der Waals surface area contributed by atoms with Crippen LogP contribution in [0.4, 0.5) is 0 Å². The largest absolute Gasteiger partial charge is 0.462 e. The van der Waals surface area contributed by atoms with Crippen molar-refractivity contribution in [2.24, 2.45) is 0 Å². The third-order valence-electron chi connectivity index (χ3n) is 13.4. The first kappa shape index (κ1) is 72.8. The Kier molecular flexibility index (Phi) is 60.8. The third kappa shape index (κ3) is 62.5. The number of hydrogen-bond acceptors (Lipinski definition) is 6. The van der Waals surface area contributed by atoms with Gasteiger partial charge in [0.25, 0.3) is 0 Å². The second-order valence-corrected chi connectivity index (χ2v) is 20.9. The van der Waals surface area contributed by atoms with Gasteiger partial charge in [-0.05, 0) is 135 Å². The van der Waals surface area contributed by atoms with Crippen LogP contribution in [0.5, 0.6) is 0 Å². The van der Waals surface area contributed by atoms with Gasteiger partial charge < -0.3 is 14.2 Å². The van der Waals surface area contributed by atoms with Gasteiger partial charge in [-0.3, -0.25) is 14.4 Å². The van der Waals surface area contributed by atoms with Crippen molar-refractivity contribution < 1.29 is 28.6 Å². The molecule has 0 aliphatic heterocycles. The topological polar surface area (TPSA) is 78.9 Å². The molecule has 77 heavy (non-hydrogen) atoms. The number of carbonyl (C=O) groups is 3. The molecule has 0 amide bonds. The Labute approximate surface area is 475 Å². The molecular weight excluding hydrogens is 949 g/mol. The summed E-state index contributed by atoms with van der Waals surface area (Å²) in [5, 5.41) is 0. The van der Waals surface area contributed by atoms with E-state index in [1.807, 2.05) is 0 Å². The molecular formula is C71H118O6. The minimum Gasteiger partial charge on any atom is -0.462 e. The van der Waals surface area contributed by atoms with Gasteiger partial charge in [0, 0.05) is 19.3 Å². The highest BCUT2D eigenvalue weighted by molar-refractivity contribution is 5.71. The summed E-state index contributed by atoms with van der Waals surface area (Å²) in [4.78, 5) is 38.4. The van der Waals surface area contributed by atoms with Crippen molar-refractivity contribution in [1.82, 2.24) is 0 Å². The quantitative estimate of drug-likeness (QED) is 0.0261. The molecule has 0 rings (SSSR count). The minimum absolute atomic E-state index is 0.0922. The van der Waals surface area contributed by atoms with E-state index < -0.39 is 6.10 Å². The minimum atomic E-state index is -0.797. The Bertz CT molecular complexity index is 1600. The maximum Gasteiger partial charge on any atom is 0.306 e. The van der Waals surface area contributed by atoms with Crippen molar-refractivity contribution in [3.8, 4) is 0 Å². The first-order chi connectivity index (χ1) is 38.0. The molecule has 0 aliphatic carbocycles. The maximum absolute atomic E-state index is 12.9. The van der Waals surface area contributed by atoms with Crippen molar-refractivity contribution >= 4 is 17.9 Å². The molecule has 6 nitrogen and oxygen atoms in total. The van der Waals surface area contributed by atoms with E-state index in [1.165, 1.54) is 116 Å². The van der Waals surface area contributed by atoms with Gasteiger partial charge in [0.15, 0.2) is 6.10 Å². The maximum atomic E-state index is 12.9. The highest BCUT2D eigenvalue weighted by Gasteiger charge is 2.19. The smallest absolute Gasteiger partial charge is 0.306 e. The van der Waals surface area contributed by atoms with Gasteiger partial charge in [-0.1, -0.05) is 258 Å². The molecule has 0 aromatic carbocycles. The molecule has 0 fully saturated rings. The molecule has 0 saturated carbocycles. The standard InChI is InChI=1S/C71H118O6/c1-4-7-10-13-16-19-22-25-28-31-32-33-34-35-36-37-38-41-43-46-49-52-55-58-61-64-70(73)76-67-68(77-71(74)65-62-59-56-53-50-47-44-40-30-27-24-21-18-15-12-9-6-3)66-75-69(72)63-60-57-54-51-48-45-42-39-29-26-23-20-17-14-11-8-5-2/h7,10,16-21,25-30,32-33,35-36,38,41,68H,4-6,8-9,11-15,22-24,31,34,37,39-40,42-67H2,1-3H3/b10-7-,19-16-,20-17-,21-18-,28-25-,29-26-,30-27-,33-32-,36-35-,41-38-. The monoisotopic (exact) mass is 1070 g/mol. The van der Waals surface area contributed by atoms with Crippen LogP contribution >= 0.6 is 0 Å². The summed E-state index contributed by atoms with van der Waals surface area (Å²) in [7, 11) is 0. The first-order valence-corrected chi connectivity index (χ1v) is 32.0. The molecule has 6 heteroatoms. The second-order valence-electron chi connectivity index (χ2n) is 20.9. The Morgan fingerprint density at radius 2 is 0.506 bits per heavy atom. The molecule has 0 spiro atoms. The summed E-state index contributed by atoms with van der Waals surface area (Å²) in [6, 6.07) is 0. The van der Waals surface area contributed by atoms with Crippen LogP contribution in [0, 0.1) is 0 Å². The average Bonchev–Trinajstić information content (AvgIpc) is 3.43. The lowest BCUT2D eigenvalue weighted by molar-refractivity contribution is -0.167. The number of ether oxygens (including phenoxy) is 3. The van der Waals surface area contributed by atoms with Gasteiger partial charge in [0.05, 0.1) is 0 Å². The molecule has 1 unspecified atom stereocenters. The number of allylic oxidation sites excluding steroid dienone is 20. The van der Waals surface area contributed by atoms with Crippen molar-refractivity contribution in [1.29, 1.82) is 0 Å². The molecule has 1 atom stereocenters. The average molecular weight is 1070 g/mol. The summed E-state index contributed by atoms with van der Waals surface area (Å²) in [6.45, 7) is 6.46. The van der Waals surface area contributed by atoms with Crippen LogP contribution in [-0.4, -0.2) is 37.2 Å². The fraction of sp³-hybridized carbons (Fsp3) is 0.676. The summed E-state index contributed by atoms with van der Waals surface area (Å²) in [5.41, 5.74) is 0. The molecule has 0 radical (unpaired) electrons. The van der Waals surface area contributed by atoms with E-state index in [-0.39, 0.29) is 31.1 Å². The summed E-state index contributed by atoms with van der Waals surface area (Å²) in [5.74, 6) is -0.917.